The van der Waals surface area contributed by atoms with E-state index in [-0.39, 0.29) is 12.4 Å². The Balaban J connectivity index is 0.00000196. The summed E-state index contributed by atoms with van der Waals surface area (Å²) < 4.78 is 5.26. The largest absolute Gasteiger partial charge is 0.478 e. The highest BCUT2D eigenvalue weighted by Gasteiger charge is 2.29. The van der Waals surface area contributed by atoms with Crippen molar-refractivity contribution in [2.24, 2.45) is 0 Å². The number of hydrogen-bond donors (Lipinski definition) is 1. The summed E-state index contributed by atoms with van der Waals surface area (Å²) in [6.07, 6.45) is 0. The van der Waals surface area contributed by atoms with Crippen LogP contribution in [0.25, 0.3) is 0 Å². The second-order valence-corrected chi connectivity index (χ2v) is 3.81. The molecule has 0 unspecified atom stereocenters. The second-order valence-electron chi connectivity index (χ2n) is 3.37. The molecule has 0 bridgehead atoms. The summed E-state index contributed by atoms with van der Waals surface area (Å²) in [6, 6.07) is 6.56. The van der Waals surface area contributed by atoms with Crippen LogP contribution in [-0.2, 0) is 4.79 Å². The predicted octanol–water partition coefficient (Wildman–Crippen LogP) is 3.00. The highest BCUT2D eigenvalue weighted by atomic mass is 35.5. The van der Waals surface area contributed by atoms with Crippen LogP contribution < -0.4 is 4.74 Å². The van der Waals surface area contributed by atoms with Gasteiger partial charge in [-0.1, -0.05) is 11.6 Å². The van der Waals surface area contributed by atoms with Crippen molar-refractivity contribution >= 4 is 30.0 Å². The minimum Gasteiger partial charge on any atom is -0.478 e. The molecule has 1 aromatic carbocycles. The lowest BCUT2D eigenvalue weighted by atomic mass is 10.1. The van der Waals surface area contributed by atoms with Crippen molar-refractivity contribution in [3.8, 4) is 5.75 Å². The number of aliphatic carboxylic acids is 1. The quantitative estimate of drug-likeness (QED) is 0.898. The number of carboxylic acids is 1. The van der Waals surface area contributed by atoms with Crippen LogP contribution in [0.4, 0.5) is 0 Å². The Kier molecular flexibility index (Phi) is 4.91. The molecule has 84 valence electrons. The third kappa shape index (κ3) is 3.98. The maximum absolute atomic E-state index is 10.7. The molecule has 0 aliphatic rings. The van der Waals surface area contributed by atoms with Gasteiger partial charge in [0.15, 0.2) is 5.60 Å². The van der Waals surface area contributed by atoms with Gasteiger partial charge in [-0.3, -0.25) is 0 Å². The van der Waals surface area contributed by atoms with Gasteiger partial charge in [0, 0.05) is 5.02 Å². The lowest BCUT2D eigenvalue weighted by Crippen LogP contribution is -2.37. The molecule has 0 aromatic heterocycles. The molecular formula is C10H12Cl2O3. The van der Waals surface area contributed by atoms with Crippen molar-refractivity contribution in [1.29, 1.82) is 0 Å². The lowest BCUT2D eigenvalue weighted by molar-refractivity contribution is -0.152. The molecule has 0 saturated carbocycles. The van der Waals surface area contributed by atoms with Crippen LogP contribution >= 0.6 is 24.0 Å². The number of hydrogen-bond acceptors (Lipinski definition) is 2. The zero-order valence-electron chi connectivity index (χ0n) is 8.36. The molecule has 0 radical (unpaired) electrons. The van der Waals surface area contributed by atoms with Crippen LogP contribution in [0, 0.1) is 0 Å². The number of halogens is 2. The fraction of sp³-hybridized carbons (Fsp3) is 0.300. The van der Waals surface area contributed by atoms with Crippen LogP contribution in [0.1, 0.15) is 13.8 Å². The van der Waals surface area contributed by atoms with Crippen molar-refractivity contribution in [2.45, 2.75) is 19.4 Å². The molecule has 0 saturated heterocycles. The van der Waals surface area contributed by atoms with Crippen molar-refractivity contribution < 1.29 is 14.6 Å². The Hall–Kier alpha value is -0.930. The van der Waals surface area contributed by atoms with Crippen LogP contribution in [0.5, 0.6) is 5.75 Å². The van der Waals surface area contributed by atoms with Gasteiger partial charge >= 0.3 is 5.97 Å². The molecule has 5 heteroatoms. The molecular weight excluding hydrogens is 239 g/mol. The number of benzene rings is 1. The van der Waals surface area contributed by atoms with Crippen molar-refractivity contribution in [3.05, 3.63) is 29.3 Å². The SMILES string of the molecule is CC(C)(Oc1ccc(Cl)cc1)C(=O)O.Cl. The Bertz CT molecular complexity index is 333. The van der Waals surface area contributed by atoms with E-state index in [4.69, 9.17) is 21.4 Å². The number of rotatable bonds is 3. The van der Waals surface area contributed by atoms with E-state index in [1.807, 2.05) is 0 Å². The first-order valence-corrected chi connectivity index (χ1v) is 4.47. The van der Waals surface area contributed by atoms with Crippen LogP contribution in [0.3, 0.4) is 0 Å². The summed E-state index contributed by atoms with van der Waals surface area (Å²) >= 11 is 5.67. The lowest BCUT2D eigenvalue weighted by Gasteiger charge is -2.21. The Morgan fingerprint density at radius 1 is 1.33 bits per heavy atom. The molecule has 1 aromatic rings. The van der Waals surface area contributed by atoms with Crippen LogP contribution in [0.2, 0.25) is 5.02 Å². The van der Waals surface area contributed by atoms with Gasteiger partial charge in [0.2, 0.25) is 0 Å². The first-order valence-electron chi connectivity index (χ1n) is 4.10. The summed E-state index contributed by atoms with van der Waals surface area (Å²) in [5.41, 5.74) is -1.23. The molecule has 0 spiro atoms. The minimum atomic E-state index is -1.23. The van der Waals surface area contributed by atoms with Gasteiger partial charge in [-0.25, -0.2) is 4.79 Å². The zero-order chi connectivity index (χ0) is 10.8. The fourth-order valence-electron chi connectivity index (χ4n) is 0.841. The normalized spacial score (nSPS) is 10.3. The number of carboxylic acid groups (broad SMARTS) is 1. The molecule has 0 fully saturated rings. The molecule has 0 heterocycles. The van der Waals surface area contributed by atoms with Gasteiger partial charge in [0.05, 0.1) is 0 Å². The summed E-state index contributed by atoms with van der Waals surface area (Å²) in [4.78, 5) is 10.7. The van der Waals surface area contributed by atoms with E-state index < -0.39 is 11.6 Å². The number of carbonyl (C=O) groups is 1. The molecule has 0 aliphatic heterocycles. The monoisotopic (exact) mass is 250 g/mol. The smallest absolute Gasteiger partial charge is 0.347 e. The summed E-state index contributed by atoms with van der Waals surface area (Å²) in [7, 11) is 0. The second kappa shape index (κ2) is 5.24. The van der Waals surface area contributed by atoms with E-state index in [0.29, 0.717) is 10.8 Å². The topological polar surface area (TPSA) is 46.5 Å². The van der Waals surface area contributed by atoms with E-state index in [1.165, 1.54) is 13.8 Å². The van der Waals surface area contributed by atoms with Gasteiger partial charge < -0.3 is 9.84 Å². The Morgan fingerprint density at radius 2 is 1.80 bits per heavy atom. The predicted molar refractivity (Wildman–Crippen MR) is 61.0 cm³/mol. The van der Waals surface area contributed by atoms with E-state index in [9.17, 15) is 4.79 Å². The van der Waals surface area contributed by atoms with E-state index >= 15 is 0 Å². The molecule has 0 amide bonds. The first kappa shape index (κ1) is 14.1. The maximum Gasteiger partial charge on any atom is 0.347 e. The molecule has 3 nitrogen and oxygen atoms in total. The number of ether oxygens (including phenoxy) is 1. The molecule has 1 N–H and O–H groups in total. The Morgan fingerprint density at radius 3 is 2.20 bits per heavy atom. The standard InChI is InChI=1S/C10H11ClO3.ClH/c1-10(2,9(12)13)14-8-5-3-7(11)4-6-8;/h3-6H,1-2H3,(H,12,13);1H. The highest BCUT2D eigenvalue weighted by Crippen LogP contribution is 2.20. The van der Waals surface area contributed by atoms with Crippen LogP contribution in [-0.4, -0.2) is 16.7 Å². The molecule has 0 atom stereocenters. The van der Waals surface area contributed by atoms with Gasteiger partial charge in [-0.2, -0.15) is 0 Å². The van der Waals surface area contributed by atoms with E-state index in [2.05, 4.69) is 0 Å². The van der Waals surface area contributed by atoms with Crippen LogP contribution in [0.15, 0.2) is 24.3 Å². The summed E-state index contributed by atoms with van der Waals surface area (Å²) in [6.45, 7) is 2.98. The summed E-state index contributed by atoms with van der Waals surface area (Å²) in [5.74, 6) is -0.519. The average Bonchev–Trinajstić information content (AvgIpc) is 2.08. The van der Waals surface area contributed by atoms with Crippen molar-refractivity contribution in [2.75, 3.05) is 0 Å². The van der Waals surface area contributed by atoms with E-state index in [1.54, 1.807) is 24.3 Å². The minimum absolute atomic E-state index is 0. The molecule has 0 aliphatic carbocycles. The van der Waals surface area contributed by atoms with Gasteiger partial charge in [-0.05, 0) is 38.1 Å². The van der Waals surface area contributed by atoms with Crippen molar-refractivity contribution in [1.82, 2.24) is 0 Å². The summed E-state index contributed by atoms with van der Waals surface area (Å²) in [5, 5.41) is 9.39. The average molecular weight is 251 g/mol. The van der Waals surface area contributed by atoms with Gasteiger partial charge in [-0.15, -0.1) is 12.4 Å². The Labute approximate surface area is 99.4 Å². The maximum atomic E-state index is 10.7. The van der Waals surface area contributed by atoms with Gasteiger partial charge in [0.1, 0.15) is 5.75 Å². The third-order valence-corrected chi connectivity index (χ3v) is 1.95. The molecule has 15 heavy (non-hydrogen) atoms. The fourth-order valence-corrected chi connectivity index (χ4v) is 0.967. The van der Waals surface area contributed by atoms with Crippen molar-refractivity contribution in [3.63, 3.8) is 0 Å². The van der Waals surface area contributed by atoms with Gasteiger partial charge in [0.25, 0.3) is 0 Å². The first-order chi connectivity index (χ1) is 6.42. The molecule has 1 rings (SSSR count). The third-order valence-electron chi connectivity index (χ3n) is 1.70. The highest BCUT2D eigenvalue weighted by molar-refractivity contribution is 6.30. The zero-order valence-corrected chi connectivity index (χ0v) is 9.93. The van der Waals surface area contributed by atoms with E-state index in [0.717, 1.165) is 0 Å².